The van der Waals surface area contributed by atoms with Gasteiger partial charge in [0.15, 0.2) is 0 Å². The number of hydrogen-bond acceptors (Lipinski definition) is 3. The summed E-state index contributed by atoms with van der Waals surface area (Å²) in [5, 5.41) is 13.1. The van der Waals surface area contributed by atoms with Crippen LogP contribution in [0.1, 0.15) is 66.7 Å². The number of rotatable bonds is 8. The highest BCUT2D eigenvalue weighted by Crippen LogP contribution is 2.33. The minimum Gasteiger partial charge on any atom is -0.394 e. The number of piperidine rings is 1. The quantitative estimate of drug-likeness (QED) is 0.719. The number of nitrogens with one attached hydrogen (secondary N) is 1. The van der Waals surface area contributed by atoms with Crippen LogP contribution in [0.3, 0.4) is 0 Å². The van der Waals surface area contributed by atoms with Gasteiger partial charge in [-0.1, -0.05) is 34.1 Å². The van der Waals surface area contributed by atoms with Crippen molar-refractivity contribution in [1.82, 2.24) is 10.2 Å². The van der Waals surface area contributed by atoms with Crippen LogP contribution >= 0.6 is 0 Å². The molecule has 0 aromatic carbocycles. The van der Waals surface area contributed by atoms with Gasteiger partial charge < -0.3 is 15.3 Å². The summed E-state index contributed by atoms with van der Waals surface area (Å²) >= 11 is 0. The lowest BCUT2D eigenvalue weighted by atomic mass is 9.78. The molecule has 0 radical (unpaired) electrons. The third kappa shape index (κ3) is 5.71. The van der Waals surface area contributed by atoms with Crippen LogP contribution in [0, 0.1) is 5.41 Å². The van der Waals surface area contributed by atoms with Crippen LogP contribution in [-0.2, 0) is 0 Å². The second kappa shape index (κ2) is 7.77. The van der Waals surface area contributed by atoms with Gasteiger partial charge in [-0.2, -0.15) is 0 Å². The second-order valence-electron chi connectivity index (χ2n) is 7.63. The number of aliphatic hydroxyl groups is 1. The van der Waals surface area contributed by atoms with Crippen LogP contribution in [0.25, 0.3) is 0 Å². The van der Waals surface area contributed by atoms with Crippen molar-refractivity contribution in [1.29, 1.82) is 0 Å². The topological polar surface area (TPSA) is 35.5 Å². The van der Waals surface area contributed by atoms with Gasteiger partial charge in [0, 0.05) is 11.6 Å². The minimum atomic E-state index is -0.123. The van der Waals surface area contributed by atoms with Crippen molar-refractivity contribution in [3.05, 3.63) is 0 Å². The van der Waals surface area contributed by atoms with E-state index in [1.165, 1.54) is 45.3 Å². The molecule has 1 atom stereocenters. The SMILES string of the molecule is CCC1(C)CCN(CCCC(C)(CO)NC(C)C)CC1. The van der Waals surface area contributed by atoms with E-state index in [0.29, 0.717) is 11.5 Å². The highest BCUT2D eigenvalue weighted by Gasteiger charge is 2.28. The molecule has 20 heavy (non-hydrogen) atoms. The summed E-state index contributed by atoms with van der Waals surface area (Å²) < 4.78 is 0. The Balaban J connectivity index is 2.27. The molecule has 0 aliphatic carbocycles. The van der Waals surface area contributed by atoms with Gasteiger partial charge in [-0.15, -0.1) is 0 Å². The number of nitrogens with zero attached hydrogens (tertiary/aromatic N) is 1. The molecule has 1 aliphatic rings. The van der Waals surface area contributed by atoms with E-state index in [4.69, 9.17) is 0 Å². The number of hydrogen-bond donors (Lipinski definition) is 2. The van der Waals surface area contributed by atoms with Gasteiger partial charge in [-0.25, -0.2) is 0 Å². The number of likely N-dealkylation sites (tertiary alicyclic amines) is 1. The summed E-state index contributed by atoms with van der Waals surface area (Å²) in [4.78, 5) is 2.60. The van der Waals surface area contributed by atoms with Crippen LogP contribution in [0.2, 0.25) is 0 Å². The van der Waals surface area contributed by atoms with E-state index in [9.17, 15) is 5.11 Å². The van der Waals surface area contributed by atoms with Crippen molar-refractivity contribution in [2.45, 2.75) is 78.3 Å². The van der Waals surface area contributed by atoms with E-state index < -0.39 is 0 Å². The summed E-state index contributed by atoms with van der Waals surface area (Å²) in [5.74, 6) is 0. The first-order chi connectivity index (χ1) is 9.32. The van der Waals surface area contributed by atoms with Gasteiger partial charge >= 0.3 is 0 Å². The van der Waals surface area contributed by atoms with E-state index in [2.05, 4.69) is 44.8 Å². The lowest BCUT2D eigenvalue weighted by Crippen LogP contribution is -2.49. The van der Waals surface area contributed by atoms with Crippen molar-refractivity contribution in [3.63, 3.8) is 0 Å². The van der Waals surface area contributed by atoms with Gasteiger partial charge in [-0.3, -0.25) is 0 Å². The first-order valence-electron chi connectivity index (χ1n) is 8.43. The van der Waals surface area contributed by atoms with Crippen LogP contribution in [-0.4, -0.2) is 47.8 Å². The Kier molecular flexibility index (Phi) is 6.96. The molecule has 1 rings (SSSR count). The third-order valence-corrected chi connectivity index (χ3v) is 5.11. The molecule has 2 N–H and O–H groups in total. The van der Waals surface area contributed by atoms with Gasteiger partial charge in [0.2, 0.25) is 0 Å². The van der Waals surface area contributed by atoms with Crippen LogP contribution in [0.5, 0.6) is 0 Å². The molecular weight excluding hydrogens is 248 g/mol. The highest BCUT2D eigenvalue weighted by molar-refractivity contribution is 4.85. The van der Waals surface area contributed by atoms with Crippen molar-refractivity contribution in [2.75, 3.05) is 26.2 Å². The Morgan fingerprint density at radius 2 is 1.90 bits per heavy atom. The van der Waals surface area contributed by atoms with Gasteiger partial charge in [0.25, 0.3) is 0 Å². The molecule has 1 unspecified atom stereocenters. The molecule has 1 heterocycles. The first kappa shape index (κ1) is 17.9. The van der Waals surface area contributed by atoms with Crippen molar-refractivity contribution >= 4 is 0 Å². The molecule has 0 spiro atoms. The first-order valence-corrected chi connectivity index (χ1v) is 8.43. The van der Waals surface area contributed by atoms with Gasteiger partial charge in [-0.05, 0) is 57.7 Å². The van der Waals surface area contributed by atoms with Crippen molar-refractivity contribution < 1.29 is 5.11 Å². The van der Waals surface area contributed by atoms with E-state index in [1.807, 2.05) is 0 Å². The maximum atomic E-state index is 9.60. The molecule has 3 nitrogen and oxygen atoms in total. The third-order valence-electron chi connectivity index (χ3n) is 5.11. The van der Waals surface area contributed by atoms with Gasteiger partial charge in [0.05, 0.1) is 6.61 Å². The summed E-state index contributed by atoms with van der Waals surface area (Å²) in [6, 6.07) is 0.424. The van der Waals surface area contributed by atoms with Gasteiger partial charge in [0.1, 0.15) is 0 Å². The van der Waals surface area contributed by atoms with E-state index in [1.54, 1.807) is 0 Å². The van der Waals surface area contributed by atoms with E-state index in [0.717, 1.165) is 6.42 Å². The molecule has 0 amide bonds. The average molecular weight is 284 g/mol. The van der Waals surface area contributed by atoms with E-state index >= 15 is 0 Å². The second-order valence-corrected chi connectivity index (χ2v) is 7.63. The monoisotopic (exact) mass is 284 g/mol. The average Bonchev–Trinajstić information content (AvgIpc) is 2.40. The predicted octanol–water partition coefficient (Wildman–Crippen LogP) is 3.03. The molecule has 0 bridgehead atoms. The maximum absolute atomic E-state index is 9.60. The standard InChI is InChI=1S/C17H36N2O/c1-6-16(4)9-12-19(13-10-16)11-7-8-17(5,14-20)18-15(2)3/h15,18,20H,6-14H2,1-5H3. The lowest BCUT2D eigenvalue weighted by Gasteiger charge is -2.39. The Labute approximate surface area is 126 Å². The zero-order valence-corrected chi connectivity index (χ0v) is 14.3. The fourth-order valence-electron chi connectivity index (χ4n) is 3.26. The lowest BCUT2D eigenvalue weighted by molar-refractivity contribution is 0.105. The molecular formula is C17H36N2O. The molecule has 1 aliphatic heterocycles. The number of aliphatic hydroxyl groups excluding tert-OH is 1. The molecule has 3 heteroatoms. The highest BCUT2D eigenvalue weighted by atomic mass is 16.3. The summed E-state index contributed by atoms with van der Waals surface area (Å²) in [6.45, 7) is 15.1. The fraction of sp³-hybridized carbons (Fsp3) is 1.00. The van der Waals surface area contributed by atoms with Crippen LogP contribution in [0.4, 0.5) is 0 Å². The predicted molar refractivity (Wildman–Crippen MR) is 87.1 cm³/mol. The summed E-state index contributed by atoms with van der Waals surface area (Å²) in [6.07, 6.45) is 6.20. The van der Waals surface area contributed by atoms with Crippen LogP contribution in [0.15, 0.2) is 0 Å². The summed E-state index contributed by atoms with van der Waals surface area (Å²) in [5.41, 5.74) is 0.456. The minimum absolute atomic E-state index is 0.123. The van der Waals surface area contributed by atoms with Crippen molar-refractivity contribution in [3.8, 4) is 0 Å². The molecule has 1 fully saturated rings. The molecule has 120 valence electrons. The molecule has 0 aromatic heterocycles. The van der Waals surface area contributed by atoms with Crippen molar-refractivity contribution in [2.24, 2.45) is 5.41 Å². The fourth-order valence-corrected chi connectivity index (χ4v) is 3.26. The Bertz CT molecular complexity index is 272. The molecule has 0 aromatic rings. The van der Waals surface area contributed by atoms with E-state index in [-0.39, 0.29) is 12.1 Å². The zero-order chi connectivity index (χ0) is 15.2. The normalized spacial score (nSPS) is 22.9. The molecule has 0 saturated carbocycles. The largest absolute Gasteiger partial charge is 0.394 e. The van der Waals surface area contributed by atoms with Crippen LogP contribution < -0.4 is 5.32 Å². The smallest absolute Gasteiger partial charge is 0.0610 e. The molecule has 1 saturated heterocycles. The Morgan fingerprint density at radius 1 is 1.30 bits per heavy atom. The Hall–Kier alpha value is -0.120. The zero-order valence-electron chi connectivity index (χ0n) is 14.3. The maximum Gasteiger partial charge on any atom is 0.0610 e. The Morgan fingerprint density at radius 3 is 2.35 bits per heavy atom. The summed E-state index contributed by atoms with van der Waals surface area (Å²) in [7, 11) is 0.